The van der Waals surface area contributed by atoms with Crippen molar-refractivity contribution in [3.63, 3.8) is 0 Å². The van der Waals surface area contributed by atoms with E-state index >= 15 is 0 Å². The van der Waals surface area contributed by atoms with Gasteiger partial charge in [-0.15, -0.1) is 0 Å². The Labute approximate surface area is 393 Å². The number of ether oxygens (including phenoxy) is 2. The van der Waals surface area contributed by atoms with Crippen LogP contribution in [-0.4, -0.2) is 80.7 Å². The van der Waals surface area contributed by atoms with Crippen molar-refractivity contribution in [3.8, 4) is 6.01 Å². The lowest BCUT2D eigenvalue weighted by Crippen LogP contribution is -2.58. The van der Waals surface area contributed by atoms with E-state index in [0.717, 1.165) is 121 Å². The smallest absolute Gasteiger partial charge is 0.316 e. The molecule has 3 aromatic rings. The van der Waals surface area contributed by atoms with Crippen molar-refractivity contribution in [2.24, 2.45) is 53.3 Å². The molecule has 13 aliphatic rings. The fourth-order valence-corrected chi connectivity index (χ4v) is 17.0. The minimum atomic E-state index is 0.411. The molecule has 3 N–H and O–H groups in total. The van der Waals surface area contributed by atoms with Crippen LogP contribution in [0.25, 0.3) is 0 Å². The highest BCUT2D eigenvalue weighted by Gasteiger charge is 2.53. The van der Waals surface area contributed by atoms with Crippen molar-refractivity contribution >= 4 is 17.6 Å². The molecular formula is C53H77N9O2S. The number of methoxy groups -OCH3 is 1. The van der Waals surface area contributed by atoms with Crippen LogP contribution >= 0.6 is 11.8 Å². The standard InChI is InChI=1S/C20H29N3O.C17H25N3S.C16H23N3O/c1-2-19(23-3-5-24-6-4-23)21-13-15(1)14-22-20-10-16-7-17(11-20)9-18(8-16)12-20;1-2-21-16-18-9-15(10-19-16)11-20-17-6-12-3-13(7-17)5-14(4-12)8-17;1-20-15-17-8-14(9-18-15)10-19-16-5-11-2-12(6-16)4-13(3-11)7-16/h1-2,13,16-18,22H,3-12,14H2;9-10,12-14,20H,2-8,11H2,1H3;8-9,11-13,19H,2-7,10H2,1H3. The van der Waals surface area contributed by atoms with Crippen LogP contribution < -0.4 is 25.6 Å². The fraction of sp³-hybridized carbons (Fsp3) is 0.755. The molecular weight excluding hydrogens is 827 g/mol. The van der Waals surface area contributed by atoms with E-state index in [1.54, 1.807) is 18.9 Å². The van der Waals surface area contributed by atoms with E-state index in [9.17, 15) is 0 Å². The molecule has 65 heavy (non-hydrogen) atoms. The molecule has 0 radical (unpaired) electrons. The first-order valence-electron chi connectivity index (χ1n) is 26.1. The number of morpholine rings is 1. The molecule has 0 atom stereocenters. The van der Waals surface area contributed by atoms with E-state index in [1.807, 2.05) is 24.8 Å². The van der Waals surface area contributed by atoms with Gasteiger partial charge in [0.25, 0.3) is 0 Å². The Kier molecular flexibility index (Phi) is 13.2. The third kappa shape index (κ3) is 10.4. The monoisotopic (exact) mass is 904 g/mol. The Morgan fingerprint density at radius 1 is 0.538 bits per heavy atom. The van der Waals surface area contributed by atoms with Gasteiger partial charge < -0.3 is 30.3 Å². The lowest BCUT2D eigenvalue weighted by atomic mass is 9.53. The molecule has 0 spiro atoms. The van der Waals surface area contributed by atoms with Gasteiger partial charge in [-0.3, -0.25) is 0 Å². The highest BCUT2D eigenvalue weighted by molar-refractivity contribution is 7.99. The second kappa shape index (κ2) is 19.2. The lowest BCUT2D eigenvalue weighted by molar-refractivity contribution is -0.0207. The first kappa shape index (κ1) is 44.6. The summed E-state index contributed by atoms with van der Waals surface area (Å²) in [4.78, 5) is 24.3. The number of nitrogens with zero attached hydrogens (tertiary/aromatic N) is 6. The Morgan fingerprint density at radius 2 is 0.908 bits per heavy atom. The second-order valence-corrected chi connectivity index (χ2v) is 24.4. The van der Waals surface area contributed by atoms with Crippen molar-refractivity contribution in [2.75, 3.05) is 44.1 Å². The molecule has 4 heterocycles. The van der Waals surface area contributed by atoms with Gasteiger partial charge in [-0.1, -0.05) is 24.8 Å². The average Bonchev–Trinajstić information content (AvgIpc) is 3.30. The van der Waals surface area contributed by atoms with E-state index in [2.05, 4.69) is 66.0 Å². The van der Waals surface area contributed by atoms with Gasteiger partial charge in [0.2, 0.25) is 0 Å². The van der Waals surface area contributed by atoms with Crippen molar-refractivity contribution in [1.82, 2.24) is 40.9 Å². The molecule has 12 heteroatoms. The minimum Gasteiger partial charge on any atom is -0.467 e. The summed E-state index contributed by atoms with van der Waals surface area (Å²) in [6.07, 6.45) is 36.0. The molecule has 0 amide bonds. The number of anilines is 1. The van der Waals surface area contributed by atoms with Crippen LogP contribution in [0.2, 0.25) is 0 Å². The summed E-state index contributed by atoms with van der Waals surface area (Å²) in [5.41, 5.74) is 4.99. The number of nitrogens with one attached hydrogen (secondary N) is 3. The number of thioether (sulfide) groups is 1. The number of aromatic nitrogens is 5. The van der Waals surface area contributed by atoms with Crippen LogP contribution in [0, 0.1) is 53.3 Å². The molecule has 12 bridgehead atoms. The Bertz CT molecular complexity index is 1920. The topological polar surface area (TPSA) is 122 Å². The number of hydrogen-bond donors (Lipinski definition) is 3. The minimum absolute atomic E-state index is 0.411. The molecule has 0 unspecified atom stereocenters. The van der Waals surface area contributed by atoms with E-state index in [4.69, 9.17) is 14.5 Å². The maximum Gasteiger partial charge on any atom is 0.316 e. The second-order valence-electron chi connectivity index (χ2n) is 23.2. The Balaban J connectivity index is 0.000000109. The van der Waals surface area contributed by atoms with Crippen LogP contribution in [0.4, 0.5) is 5.82 Å². The molecule has 12 saturated carbocycles. The van der Waals surface area contributed by atoms with Gasteiger partial charge in [-0.05, 0) is 186 Å². The highest BCUT2D eigenvalue weighted by atomic mass is 32.2. The third-order valence-electron chi connectivity index (χ3n) is 18.1. The van der Waals surface area contributed by atoms with Gasteiger partial charge in [0.1, 0.15) is 5.82 Å². The predicted molar refractivity (Wildman–Crippen MR) is 258 cm³/mol. The van der Waals surface area contributed by atoms with Crippen LogP contribution in [-0.2, 0) is 24.4 Å². The zero-order chi connectivity index (χ0) is 43.9. The normalized spacial score (nSPS) is 37.7. The largest absolute Gasteiger partial charge is 0.467 e. The lowest BCUT2D eigenvalue weighted by Gasteiger charge is -2.57. The summed E-state index contributed by atoms with van der Waals surface area (Å²) in [5, 5.41) is 12.6. The van der Waals surface area contributed by atoms with E-state index in [-0.39, 0.29) is 0 Å². The van der Waals surface area contributed by atoms with Crippen molar-refractivity contribution in [2.45, 2.75) is 164 Å². The Morgan fingerprint density at radius 3 is 1.26 bits per heavy atom. The zero-order valence-corrected chi connectivity index (χ0v) is 40.3. The van der Waals surface area contributed by atoms with Gasteiger partial charge in [-0.2, -0.15) is 0 Å². The van der Waals surface area contributed by atoms with Gasteiger partial charge in [-0.25, -0.2) is 24.9 Å². The summed E-state index contributed by atoms with van der Waals surface area (Å²) in [5.74, 6) is 11.1. The molecule has 12 aliphatic carbocycles. The number of pyridine rings is 1. The van der Waals surface area contributed by atoms with Crippen LogP contribution in [0.15, 0.2) is 48.3 Å². The van der Waals surface area contributed by atoms with Gasteiger partial charge in [0, 0.05) is 91.5 Å². The molecule has 11 nitrogen and oxygen atoms in total. The summed E-state index contributed by atoms with van der Waals surface area (Å²) in [7, 11) is 1.60. The van der Waals surface area contributed by atoms with Gasteiger partial charge >= 0.3 is 6.01 Å². The zero-order valence-electron chi connectivity index (χ0n) is 39.5. The van der Waals surface area contributed by atoms with E-state index in [0.29, 0.717) is 22.6 Å². The molecule has 1 aliphatic heterocycles. The van der Waals surface area contributed by atoms with Crippen LogP contribution in [0.1, 0.15) is 139 Å². The summed E-state index contributed by atoms with van der Waals surface area (Å²) >= 11 is 1.71. The molecule has 0 aromatic carbocycles. The first-order valence-corrected chi connectivity index (χ1v) is 27.1. The molecule has 3 aromatic heterocycles. The summed E-state index contributed by atoms with van der Waals surface area (Å²) < 4.78 is 10.4. The number of hydrogen-bond acceptors (Lipinski definition) is 12. The average molecular weight is 904 g/mol. The van der Waals surface area contributed by atoms with Crippen LogP contribution in [0.3, 0.4) is 0 Å². The molecule has 13 fully saturated rings. The third-order valence-corrected chi connectivity index (χ3v) is 18.8. The summed E-state index contributed by atoms with van der Waals surface area (Å²) in [6, 6.07) is 4.89. The maximum atomic E-state index is 5.42. The Hall–Kier alpha value is -2.90. The van der Waals surface area contributed by atoms with Gasteiger partial charge in [0.05, 0.1) is 20.3 Å². The van der Waals surface area contributed by atoms with Crippen molar-refractivity contribution in [3.05, 3.63) is 59.8 Å². The van der Waals surface area contributed by atoms with E-state index < -0.39 is 0 Å². The summed E-state index contributed by atoms with van der Waals surface area (Å²) in [6.45, 7) is 8.47. The van der Waals surface area contributed by atoms with Crippen LogP contribution in [0.5, 0.6) is 6.01 Å². The molecule has 352 valence electrons. The quantitative estimate of drug-likeness (QED) is 0.112. The van der Waals surface area contributed by atoms with E-state index in [1.165, 1.54) is 127 Å². The number of rotatable bonds is 13. The first-order chi connectivity index (χ1) is 31.8. The van der Waals surface area contributed by atoms with Gasteiger partial charge in [0.15, 0.2) is 5.16 Å². The maximum absolute atomic E-state index is 5.42. The van der Waals surface area contributed by atoms with Crippen molar-refractivity contribution in [1.29, 1.82) is 0 Å². The highest BCUT2D eigenvalue weighted by Crippen LogP contribution is 2.58. The molecule has 16 rings (SSSR count). The predicted octanol–water partition coefficient (Wildman–Crippen LogP) is 9.17. The molecule has 1 saturated heterocycles. The fourth-order valence-electron chi connectivity index (χ4n) is 16.5. The SMILES string of the molecule is CCSc1ncc(CNC23CC4CC(CC(C4)C2)C3)cn1.COc1ncc(CNC23CC4CC(CC(C4)C2)C3)cn1.c1cc(N2CCOCC2)ncc1CNC12CC3CC(CC(C3)C1)C2. The van der Waals surface area contributed by atoms with Crippen molar-refractivity contribution < 1.29 is 9.47 Å².